The third-order valence-corrected chi connectivity index (χ3v) is 5.00. The molecule has 0 saturated heterocycles. The fraction of sp³-hybridized carbons (Fsp3) is 0.120. The number of nitro groups is 1. The molecule has 0 N–H and O–H groups in total. The number of ether oxygens (including phenoxy) is 2. The van der Waals surface area contributed by atoms with Crippen LogP contribution < -0.4 is 4.74 Å². The van der Waals surface area contributed by atoms with Crippen molar-refractivity contribution < 1.29 is 19.2 Å². The van der Waals surface area contributed by atoms with Gasteiger partial charge in [-0.1, -0.05) is 54.1 Å². The first-order valence-electron chi connectivity index (χ1n) is 9.96. The van der Waals surface area contributed by atoms with Gasteiger partial charge in [0.15, 0.2) is 5.70 Å². The van der Waals surface area contributed by atoms with E-state index in [1.54, 1.807) is 25.1 Å². The second kappa shape index (κ2) is 8.85. The van der Waals surface area contributed by atoms with Gasteiger partial charge in [0.05, 0.1) is 4.92 Å². The van der Waals surface area contributed by atoms with Crippen molar-refractivity contribution in [1.82, 2.24) is 0 Å². The highest BCUT2D eigenvalue weighted by molar-refractivity contribution is 6.13. The molecule has 160 valence electrons. The molecule has 1 aliphatic rings. The highest BCUT2D eigenvalue weighted by Gasteiger charge is 2.26. The number of nitrogens with zero attached hydrogens (tertiary/aromatic N) is 2. The van der Waals surface area contributed by atoms with E-state index < -0.39 is 10.9 Å². The summed E-state index contributed by atoms with van der Waals surface area (Å²) in [6.07, 6.45) is 1.59. The zero-order valence-corrected chi connectivity index (χ0v) is 17.6. The molecule has 4 rings (SSSR count). The number of para-hydroxylation sites is 1. The molecule has 3 aromatic rings. The van der Waals surface area contributed by atoms with E-state index in [1.165, 1.54) is 11.6 Å². The number of benzene rings is 3. The third kappa shape index (κ3) is 4.57. The summed E-state index contributed by atoms with van der Waals surface area (Å²) in [5.74, 6) is 0.00182. The van der Waals surface area contributed by atoms with Gasteiger partial charge < -0.3 is 9.47 Å². The molecule has 0 radical (unpaired) electrons. The van der Waals surface area contributed by atoms with Gasteiger partial charge in [-0.15, -0.1) is 0 Å². The normalized spacial score (nSPS) is 14.2. The first kappa shape index (κ1) is 21.0. The summed E-state index contributed by atoms with van der Waals surface area (Å²) in [4.78, 5) is 27.4. The number of aryl methyl sites for hydroxylation is 2. The number of aliphatic imine (C=N–C) groups is 1. The molecular formula is C25H20N2O5. The van der Waals surface area contributed by atoms with Crippen molar-refractivity contribution in [2.75, 3.05) is 0 Å². The Morgan fingerprint density at radius 1 is 1.06 bits per heavy atom. The molecule has 3 aromatic carbocycles. The van der Waals surface area contributed by atoms with Gasteiger partial charge in [0.1, 0.15) is 12.4 Å². The van der Waals surface area contributed by atoms with E-state index in [0.717, 1.165) is 5.56 Å². The number of nitro benzene ring substituents is 1. The molecule has 0 bridgehead atoms. The number of rotatable bonds is 6. The first-order chi connectivity index (χ1) is 15.4. The molecule has 0 spiro atoms. The van der Waals surface area contributed by atoms with Crippen LogP contribution in [0.25, 0.3) is 6.08 Å². The summed E-state index contributed by atoms with van der Waals surface area (Å²) >= 11 is 0. The highest BCUT2D eigenvalue weighted by atomic mass is 16.6. The van der Waals surface area contributed by atoms with Crippen LogP contribution in [0, 0.1) is 24.0 Å². The van der Waals surface area contributed by atoms with Crippen LogP contribution in [0.2, 0.25) is 0 Å². The Kier molecular flexibility index (Phi) is 5.81. The SMILES string of the molecule is Cc1ccc(COc2ccccc2C=C2N=C(c3ccc(C)c([N+](=O)[O-])c3)OC2=O)cc1. The Bertz CT molecular complexity index is 1260. The summed E-state index contributed by atoms with van der Waals surface area (Å²) in [6.45, 7) is 4.05. The van der Waals surface area contributed by atoms with Gasteiger partial charge >= 0.3 is 5.97 Å². The predicted molar refractivity (Wildman–Crippen MR) is 120 cm³/mol. The molecule has 32 heavy (non-hydrogen) atoms. The average Bonchev–Trinajstić information content (AvgIpc) is 3.14. The predicted octanol–water partition coefficient (Wildman–Crippen LogP) is 5.14. The van der Waals surface area contributed by atoms with Crippen LogP contribution in [0.4, 0.5) is 5.69 Å². The molecule has 7 nitrogen and oxygen atoms in total. The van der Waals surface area contributed by atoms with Crippen LogP contribution in [0.1, 0.15) is 27.8 Å². The molecule has 0 saturated carbocycles. The monoisotopic (exact) mass is 428 g/mol. The Morgan fingerprint density at radius 2 is 1.81 bits per heavy atom. The van der Waals surface area contributed by atoms with Crippen molar-refractivity contribution >= 4 is 23.6 Å². The second-order valence-electron chi connectivity index (χ2n) is 7.41. The maximum Gasteiger partial charge on any atom is 0.363 e. The molecule has 1 heterocycles. The lowest BCUT2D eigenvalue weighted by molar-refractivity contribution is -0.385. The molecule has 0 unspecified atom stereocenters. The summed E-state index contributed by atoms with van der Waals surface area (Å²) in [5, 5.41) is 11.2. The fourth-order valence-corrected chi connectivity index (χ4v) is 3.20. The number of cyclic esters (lactones) is 1. The van der Waals surface area contributed by atoms with E-state index in [4.69, 9.17) is 9.47 Å². The number of hydrogen-bond acceptors (Lipinski definition) is 6. The van der Waals surface area contributed by atoms with Crippen molar-refractivity contribution in [3.05, 3.63) is 110 Å². The minimum Gasteiger partial charge on any atom is -0.488 e. The van der Waals surface area contributed by atoms with Crippen LogP contribution in [0.3, 0.4) is 0 Å². The van der Waals surface area contributed by atoms with Crippen LogP contribution in [-0.2, 0) is 16.1 Å². The topological polar surface area (TPSA) is 91.0 Å². The van der Waals surface area contributed by atoms with Crippen LogP contribution in [0.15, 0.2) is 77.4 Å². The maximum absolute atomic E-state index is 12.4. The molecule has 0 amide bonds. The van der Waals surface area contributed by atoms with E-state index in [1.807, 2.05) is 55.5 Å². The standard InChI is InChI=1S/C25H20N2O5/c1-16-7-10-18(11-8-16)15-31-23-6-4-3-5-19(23)13-21-25(28)32-24(26-21)20-12-9-17(2)22(14-20)27(29)30/h3-14H,15H2,1-2H3. The maximum atomic E-state index is 12.4. The summed E-state index contributed by atoms with van der Waals surface area (Å²) < 4.78 is 11.2. The van der Waals surface area contributed by atoms with Crippen molar-refractivity contribution in [3.8, 4) is 5.75 Å². The van der Waals surface area contributed by atoms with Crippen molar-refractivity contribution in [1.29, 1.82) is 0 Å². The number of esters is 1. The zero-order valence-electron chi connectivity index (χ0n) is 17.6. The largest absolute Gasteiger partial charge is 0.488 e. The van der Waals surface area contributed by atoms with Gasteiger partial charge in [-0.2, -0.15) is 0 Å². The molecule has 1 aliphatic heterocycles. The molecule has 0 fully saturated rings. The Morgan fingerprint density at radius 3 is 2.56 bits per heavy atom. The highest BCUT2D eigenvalue weighted by Crippen LogP contribution is 2.27. The van der Waals surface area contributed by atoms with Gasteiger partial charge in [-0.05, 0) is 37.6 Å². The molecular weight excluding hydrogens is 408 g/mol. The lowest BCUT2D eigenvalue weighted by atomic mass is 10.1. The first-order valence-corrected chi connectivity index (χ1v) is 9.96. The fourth-order valence-electron chi connectivity index (χ4n) is 3.20. The Labute approximate surface area is 184 Å². The minimum atomic E-state index is -0.628. The van der Waals surface area contributed by atoms with E-state index in [-0.39, 0.29) is 17.3 Å². The van der Waals surface area contributed by atoms with Gasteiger partial charge in [0.25, 0.3) is 5.69 Å². The van der Waals surface area contributed by atoms with E-state index in [2.05, 4.69) is 4.99 Å². The van der Waals surface area contributed by atoms with Crippen molar-refractivity contribution in [2.24, 2.45) is 4.99 Å². The van der Waals surface area contributed by atoms with Crippen molar-refractivity contribution in [3.63, 3.8) is 0 Å². The summed E-state index contributed by atoms with van der Waals surface area (Å²) in [6, 6.07) is 19.9. The number of hydrogen-bond donors (Lipinski definition) is 0. The van der Waals surface area contributed by atoms with Gasteiger partial charge in [-0.25, -0.2) is 9.79 Å². The lowest BCUT2D eigenvalue weighted by Crippen LogP contribution is -2.06. The smallest absolute Gasteiger partial charge is 0.363 e. The summed E-state index contributed by atoms with van der Waals surface area (Å²) in [5.41, 5.74) is 3.78. The molecule has 0 atom stereocenters. The van der Waals surface area contributed by atoms with Crippen LogP contribution >= 0.6 is 0 Å². The Balaban J connectivity index is 1.59. The average molecular weight is 428 g/mol. The third-order valence-electron chi connectivity index (χ3n) is 5.00. The molecule has 7 heteroatoms. The summed E-state index contributed by atoms with van der Waals surface area (Å²) in [7, 11) is 0. The van der Waals surface area contributed by atoms with Crippen LogP contribution in [-0.4, -0.2) is 16.8 Å². The van der Waals surface area contributed by atoms with E-state index in [9.17, 15) is 14.9 Å². The van der Waals surface area contributed by atoms with E-state index >= 15 is 0 Å². The Hall–Kier alpha value is -4.26. The van der Waals surface area contributed by atoms with Gasteiger partial charge in [0, 0.05) is 22.8 Å². The van der Waals surface area contributed by atoms with Gasteiger partial charge in [-0.3, -0.25) is 10.1 Å². The second-order valence-corrected chi connectivity index (χ2v) is 7.41. The van der Waals surface area contributed by atoms with Crippen LogP contribution in [0.5, 0.6) is 5.75 Å². The van der Waals surface area contributed by atoms with Crippen molar-refractivity contribution in [2.45, 2.75) is 20.5 Å². The number of carbonyl (C=O) groups excluding carboxylic acids is 1. The van der Waals surface area contributed by atoms with E-state index in [0.29, 0.717) is 29.0 Å². The zero-order chi connectivity index (χ0) is 22.7. The van der Waals surface area contributed by atoms with Gasteiger partial charge in [0.2, 0.25) is 5.90 Å². The molecule has 0 aliphatic carbocycles. The minimum absolute atomic E-state index is 0.0300. The quantitative estimate of drug-likeness (QED) is 0.235. The molecule has 0 aromatic heterocycles. The lowest BCUT2D eigenvalue weighted by Gasteiger charge is -2.09. The number of carbonyl (C=O) groups is 1.